The number of amides is 1. The SMILES string of the molecule is CCCOc1ccc(NC(=O)c2cccc(=O)[nH]2)cc1Cl. The number of benzene rings is 1. The van der Waals surface area contributed by atoms with Gasteiger partial charge in [-0.25, -0.2) is 0 Å². The molecule has 0 aliphatic rings. The second-order valence-electron chi connectivity index (χ2n) is 4.38. The summed E-state index contributed by atoms with van der Waals surface area (Å²) in [6, 6.07) is 9.37. The number of carbonyl (C=O) groups is 1. The zero-order chi connectivity index (χ0) is 15.2. The molecule has 1 aromatic carbocycles. The van der Waals surface area contributed by atoms with Crippen molar-refractivity contribution in [3.8, 4) is 5.75 Å². The van der Waals surface area contributed by atoms with Gasteiger partial charge in [-0.3, -0.25) is 9.59 Å². The summed E-state index contributed by atoms with van der Waals surface area (Å²) in [6.45, 7) is 2.58. The van der Waals surface area contributed by atoms with Gasteiger partial charge in [0.05, 0.1) is 11.6 Å². The minimum absolute atomic E-state index is 0.185. The molecule has 1 heterocycles. The minimum atomic E-state index is -0.411. The third-order valence-corrected chi connectivity index (χ3v) is 2.96. The molecule has 0 aliphatic heterocycles. The summed E-state index contributed by atoms with van der Waals surface area (Å²) in [5, 5.41) is 3.08. The molecule has 1 amide bonds. The lowest BCUT2D eigenvalue weighted by Gasteiger charge is -2.09. The number of ether oxygens (including phenoxy) is 1. The molecule has 0 saturated carbocycles. The topological polar surface area (TPSA) is 71.2 Å². The van der Waals surface area contributed by atoms with Crippen molar-refractivity contribution in [1.29, 1.82) is 0 Å². The lowest BCUT2D eigenvalue weighted by molar-refractivity contribution is 0.102. The first-order chi connectivity index (χ1) is 10.1. The maximum Gasteiger partial charge on any atom is 0.272 e. The van der Waals surface area contributed by atoms with Crippen molar-refractivity contribution in [2.45, 2.75) is 13.3 Å². The Bertz CT molecular complexity index is 697. The van der Waals surface area contributed by atoms with Crippen LogP contribution in [-0.2, 0) is 0 Å². The fraction of sp³-hybridized carbons (Fsp3) is 0.200. The van der Waals surface area contributed by atoms with Gasteiger partial charge in [0.2, 0.25) is 5.56 Å². The maximum atomic E-state index is 12.0. The molecule has 0 aliphatic carbocycles. The van der Waals surface area contributed by atoms with Gasteiger partial charge in [-0.2, -0.15) is 0 Å². The smallest absolute Gasteiger partial charge is 0.272 e. The Morgan fingerprint density at radius 3 is 2.81 bits per heavy atom. The highest BCUT2D eigenvalue weighted by Crippen LogP contribution is 2.27. The summed E-state index contributed by atoms with van der Waals surface area (Å²) >= 11 is 6.09. The zero-order valence-corrected chi connectivity index (χ0v) is 12.2. The average molecular weight is 307 g/mol. The number of halogens is 1. The predicted molar refractivity (Wildman–Crippen MR) is 82.3 cm³/mol. The summed E-state index contributed by atoms with van der Waals surface area (Å²) in [6.07, 6.45) is 0.885. The van der Waals surface area contributed by atoms with Crippen LogP contribution in [0.1, 0.15) is 23.8 Å². The molecule has 5 nitrogen and oxygen atoms in total. The van der Waals surface area contributed by atoms with Crippen LogP contribution in [0.25, 0.3) is 0 Å². The van der Waals surface area contributed by atoms with E-state index in [1.807, 2.05) is 6.92 Å². The molecular weight excluding hydrogens is 292 g/mol. The van der Waals surface area contributed by atoms with Crippen molar-refractivity contribution in [2.75, 3.05) is 11.9 Å². The fourth-order valence-electron chi connectivity index (χ4n) is 1.69. The van der Waals surface area contributed by atoms with Crippen LogP contribution in [0.3, 0.4) is 0 Å². The molecule has 1 aromatic heterocycles. The molecule has 0 radical (unpaired) electrons. The number of aromatic amines is 1. The van der Waals surface area contributed by atoms with Gasteiger partial charge in [0.1, 0.15) is 11.4 Å². The Morgan fingerprint density at radius 2 is 2.14 bits per heavy atom. The Labute approximate surface area is 126 Å². The largest absolute Gasteiger partial charge is 0.492 e. The van der Waals surface area contributed by atoms with E-state index in [4.69, 9.17) is 16.3 Å². The van der Waals surface area contributed by atoms with Crippen LogP contribution >= 0.6 is 11.6 Å². The highest BCUT2D eigenvalue weighted by atomic mass is 35.5. The van der Waals surface area contributed by atoms with Crippen molar-refractivity contribution >= 4 is 23.2 Å². The number of nitrogens with one attached hydrogen (secondary N) is 2. The van der Waals surface area contributed by atoms with Crippen LogP contribution in [0, 0.1) is 0 Å². The molecule has 0 unspecified atom stereocenters. The van der Waals surface area contributed by atoms with Gasteiger partial charge in [0.15, 0.2) is 0 Å². The highest BCUT2D eigenvalue weighted by molar-refractivity contribution is 6.32. The monoisotopic (exact) mass is 306 g/mol. The molecule has 2 rings (SSSR count). The molecule has 0 fully saturated rings. The molecule has 0 bridgehead atoms. The second-order valence-corrected chi connectivity index (χ2v) is 4.78. The first kappa shape index (κ1) is 15.1. The lowest BCUT2D eigenvalue weighted by atomic mass is 10.2. The molecule has 2 N–H and O–H groups in total. The van der Waals surface area contributed by atoms with Crippen LogP contribution < -0.4 is 15.6 Å². The van der Waals surface area contributed by atoms with Gasteiger partial charge >= 0.3 is 0 Å². The molecular formula is C15H15ClN2O3. The molecule has 6 heteroatoms. The molecule has 0 saturated heterocycles. The number of hydrogen-bond donors (Lipinski definition) is 2. The number of H-pyrrole nitrogens is 1. The molecule has 0 atom stereocenters. The third-order valence-electron chi connectivity index (χ3n) is 2.66. The normalized spacial score (nSPS) is 10.2. The van der Waals surface area contributed by atoms with E-state index in [2.05, 4.69) is 10.3 Å². The number of aromatic nitrogens is 1. The maximum absolute atomic E-state index is 12.0. The number of pyridine rings is 1. The predicted octanol–water partition coefficient (Wildman–Crippen LogP) is 3.07. The molecule has 21 heavy (non-hydrogen) atoms. The lowest BCUT2D eigenvalue weighted by Crippen LogP contribution is -2.17. The third kappa shape index (κ3) is 4.10. The summed E-state index contributed by atoms with van der Waals surface area (Å²) in [5.41, 5.74) is 0.382. The van der Waals surface area contributed by atoms with E-state index in [0.29, 0.717) is 23.1 Å². The van der Waals surface area contributed by atoms with Crippen molar-refractivity contribution < 1.29 is 9.53 Å². The van der Waals surface area contributed by atoms with Gasteiger partial charge in [-0.05, 0) is 30.7 Å². The van der Waals surface area contributed by atoms with Crippen molar-refractivity contribution in [1.82, 2.24) is 4.98 Å². The second kappa shape index (κ2) is 6.95. The number of carbonyl (C=O) groups excluding carboxylic acids is 1. The number of anilines is 1. The summed E-state index contributed by atoms with van der Waals surface area (Å²) < 4.78 is 5.45. The van der Waals surface area contributed by atoms with E-state index >= 15 is 0 Å². The van der Waals surface area contributed by atoms with Crippen LogP contribution in [0.15, 0.2) is 41.2 Å². The van der Waals surface area contributed by atoms with Crippen LogP contribution in [-0.4, -0.2) is 17.5 Å². The Kier molecular flexibility index (Phi) is 5.00. The Balaban J connectivity index is 2.11. The fourth-order valence-corrected chi connectivity index (χ4v) is 1.92. The first-order valence-electron chi connectivity index (χ1n) is 6.53. The number of hydrogen-bond acceptors (Lipinski definition) is 3. The van der Waals surface area contributed by atoms with E-state index in [1.165, 1.54) is 18.2 Å². The van der Waals surface area contributed by atoms with Gasteiger partial charge in [-0.1, -0.05) is 24.6 Å². The van der Waals surface area contributed by atoms with Gasteiger partial charge in [-0.15, -0.1) is 0 Å². The van der Waals surface area contributed by atoms with E-state index in [1.54, 1.807) is 18.2 Å². The summed E-state index contributed by atoms with van der Waals surface area (Å²) in [5.74, 6) is 0.163. The highest BCUT2D eigenvalue weighted by Gasteiger charge is 2.09. The minimum Gasteiger partial charge on any atom is -0.492 e. The standard InChI is InChI=1S/C15H15ClN2O3/c1-2-8-21-13-7-6-10(9-11(13)16)17-15(20)12-4-3-5-14(19)18-12/h3-7,9H,2,8H2,1H3,(H,17,20)(H,18,19). The van der Waals surface area contributed by atoms with Crippen molar-refractivity contribution in [3.05, 3.63) is 57.5 Å². The van der Waals surface area contributed by atoms with E-state index < -0.39 is 5.91 Å². The van der Waals surface area contributed by atoms with Crippen LogP contribution in [0.4, 0.5) is 5.69 Å². The number of rotatable bonds is 5. The van der Waals surface area contributed by atoms with Gasteiger partial charge in [0.25, 0.3) is 5.91 Å². The summed E-state index contributed by atoms with van der Waals surface area (Å²) in [7, 11) is 0. The van der Waals surface area contributed by atoms with Crippen LogP contribution in [0.2, 0.25) is 5.02 Å². The van der Waals surface area contributed by atoms with E-state index in [-0.39, 0.29) is 11.3 Å². The molecule has 2 aromatic rings. The average Bonchev–Trinajstić information content (AvgIpc) is 2.46. The Hall–Kier alpha value is -2.27. The molecule has 110 valence electrons. The summed E-state index contributed by atoms with van der Waals surface area (Å²) in [4.78, 5) is 25.6. The van der Waals surface area contributed by atoms with Crippen molar-refractivity contribution in [3.63, 3.8) is 0 Å². The Morgan fingerprint density at radius 1 is 1.33 bits per heavy atom. The zero-order valence-electron chi connectivity index (χ0n) is 11.5. The van der Waals surface area contributed by atoms with E-state index in [9.17, 15) is 9.59 Å². The van der Waals surface area contributed by atoms with Crippen LogP contribution in [0.5, 0.6) is 5.75 Å². The van der Waals surface area contributed by atoms with E-state index in [0.717, 1.165) is 6.42 Å². The van der Waals surface area contributed by atoms with Crippen molar-refractivity contribution in [2.24, 2.45) is 0 Å². The van der Waals surface area contributed by atoms with Gasteiger partial charge in [0, 0.05) is 11.8 Å². The molecule has 0 spiro atoms. The van der Waals surface area contributed by atoms with Gasteiger partial charge < -0.3 is 15.0 Å². The quantitative estimate of drug-likeness (QED) is 0.891. The first-order valence-corrected chi connectivity index (χ1v) is 6.91.